The van der Waals surface area contributed by atoms with Gasteiger partial charge < -0.3 is 10.4 Å². The lowest BCUT2D eigenvalue weighted by Crippen LogP contribution is -2.42. The van der Waals surface area contributed by atoms with Crippen molar-refractivity contribution in [3.05, 3.63) is 82.0 Å². The number of nitro groups is 1. The van der Waals surface area contributed by atoms with Crippen molar-refractivity contribution in [2.45, 2.75) is 12.5 Å². The number of hydrogen-bond donors (Lipinski definition) is 2. The second-order valence-corrected chi connectivity index (χ2v) is 5.87. The summed E-state index contributed by atoms with van der Waals surface area (Å²) in [5.74, 6) is -1.92. The molecule has 1 aromatic heterocycles. The highest BCUT2D eigenvalue weighted by atomic mass is 16.6. The van der Waals surface area contributed by atoms with E-state index in [1.165, 1.54) is 18.2 Å². The molecule has 0 fully saturated rings. The van der Waals surface area contributed by atoms with Crippen LogP contribution in [0.1, 0.15) is 16.1 Å². The Hall–Kier alpha value is -3.81. The van der Waals surface area contributed by atoms with Crippen LogP contribution in [0.15, 0.2) is 60.7 Å². The van der Waals surface area contributed by atoms with Gasteiger partial charge in [-0.05, 0) is 18.2 Å². The maximum atomic E-state index is 12.3. The van der Waals surface area contributed by atoms with E-state index in [2.05, 4.69) is 10.3 Å². The van der Waals surface area contributed by atoms with Crippen molar-refractivity contribution < 1.29 is 19.6 Å². The Balaban J connectivity index is 1.79. The first-order valence-electron chi connectivity index (χ1n) is 8.07. The third-order valence-corrected chi connectivity index (χ3v) is 3.99. The first-order valence-corrected chi connectivity index (χ1v) is 8.07. The van der Waals surface area contributed by atoms with Gasteiger partial charge in [0.05, 0.1) is 10.4 Å². The largest absolute Gasteiger partial charge is 0.480 e. The van der Waals surface area contributed by atoms with E-state index in [1.807, 2.05) is 30.3 Å². The van der Waals surface area contributed by atoms with Gasteiger partial charge in [0.1, 0.15) is 6.04 Å². The number of hydrogen-bond acceptors (Lipinski definition) is 5. The van der Waals surface area contributed by atoms with Gasteiger partial charge in [-0.1, -0.05) is 30.3 Å². The van der Waals surface area contributed by atoms with Crippen LogP contribution in [-0.2, 0) is 11.2 Å². The van der Waals surface area contributed by atoms with Crippen LogP contribution in [0.25, 0.3) is 10.9 Å². The third-order valence-electron chi connectivity index (χ3n) is 3.99. The van der Waals surface area contributed by atoms with Gasteiger partial charge in [-0.25, -0.2) is 4.79 Å². The number of fused-ring (bicyclic) bond motifs is 1. The zero-order valence-corrected chi connectivity index (χ0v) is 14.0. The van der Waals surface area contributed by atoms with Gasteiger partial charge in [0.2, 0.25) is 0 Å². The molecule has 0 saturated carbocycles. The summed E-state index contributed by atoms with van der Waals surface area (Å²) in [6.45, 7) is 0. The lowest BCUT2D eigenvalue weighted by Gasteiger charge is -2.14. The Bertz CT molecular complexity index is 1030. The summed E-state index contributed by atoms with van der Waals surface area (Å²) in [5.41, 5.74) is 1.01. The molecule has 0 aliphatic carbocycles. The Morgan fingerprint density at radius 2 is 1.89 bits per heavy atom. The highest BCUT2D eigenvalue weighted by Gasteiger charge is 2.22. The number of benzene rings is 2. The standard InChI is InChI=1S/C19H15N3O5/c23-18(13-5-3-6-15(10-13)22(26)27)21-17(19(24)25)11-14-9-8-12-4-1-2-7-16(12)20-14/h1-10,17H,11H2,(H,21,23)(H,24,25)/t17-/m0/s1. The third kappa shape index (κ3) is 4.24. The summed E-state index contributed by atoms with van der Waals surface area (Å²) < 4.78 is 0. The minimum absolute atomic E-state index is 0.0131. The molecule has 0 bridgehead atoms. The fraction of sp³-hybridized carbons (Fsp3) is 0.105. The second-order valence-electron chi connectivity index (χ2n) is 5.87. The second kappa shape index (κ2) is 7.61. The van der Waals surface area contributed by atoms with E-state index in [1.54, 1.807) is 6.07 Å². The summed E-state index contributed by atoms with van der Waals surface area (Å²) in [6.07, 6.45) is -0.0131. The number of pyridine rings is 1. The maximum absolute atomic E-state index is 12.3. The van der Waals surface area contributed by atoms with Gasteiger partial charge in [0, 0.05) is 35.2 Å². The number of non-ortho nitro benzene ring substituents is 1. The van der Waals surface area contributed by atoms with Crippen LogP contribution in [0.4, 0.5) is 5.69 Å². The minimum atomic E-state index is -1.22. The fourth-order valence-electron chi connectivity index (χ4n) is 2.63. The van der Waals surface area contributed by atoms with Crippen molar-refractivity contribution in [3.8, 4) is 0 Å². The average Bonchev–Trinajstić information content (AvgIpc) is 2.67. The van der Waals surface area contributed by atoms with Crippen molar-refractivity contribution in [2.75, 3.05) is 0 Å². The lowest BCUT2D eigenvalue weighted by atomic mass is 10.1. The van der Waals surface area contributed by atoms with Gasteiger partial charge in [-0.2, -0.15) is 0 Å². The highest BCUT2D eigenvalue weighted by Crippen LogP contribution is 2.15. The molecule has 0 radical (unpaired) electrons. The number of para-hydroxylation sites is 1. The van der Waals surface area contributed by atoms with E-state index in [9.17, 15) is 24.8 Å². The van der Waals surface area contributed by atoms with Crippen LogP contribution >= 0.6 is 0 Å². The molecule has 3 aromatic rings. The summed E-state index contributed by atoms with van der Waals surface area (Å²) in [4.78, 5) is 38.5. The summed E-state index contributed by atoms with van der Waals surface area (Å²) in [6, 6.07) is 14.8. The number of carbonyl (C=O) groups excluding carboxylic acids is 1. The van der Waals surface area contributed by atoms with E-state index in [0.29, 0.717) is 5.69 Å². The van der Waals surface area contributed by atoms with E-state index >= 15 is 0 Å². The number of aromatic nitrogens is 1. The van der Waals surface area contributed by atoms with Crippen molar-refractivity contribution in [2.24, 2.45) is 0 Å². The predicted molar refractivity (Wildman–Crippen MR) is 97.4 cm³/mol. The molecular weight excluding hydrogens is 350 g/mol. The first-order chi connectivity index (χ1) is 12.9. The maximum Gasteiger partial charge on any atom is 0.326 e. The zero-order valence-electron chi connectivity index (χ0n) is 14.0. The molecule has 0 spiro atoms. The molecule has 1 amide bonds. The average molecular weight is 365 g/mol. The Morgan fingerprint density at radius 1 is 1.11 bits per heavy atom. The fourth-order valence-corrected chi connectivity index (χ4v) is 2.63. The van der Waals surface area contributed by atoms with Gasteiger partial charge in [0.25, 0.3) is 11.6 Å². The Kier molecular flexibility index (Phi) is 5.07. The van der Waals surface area contributed by atoms with Crippen molar-refractivity contribution in [1.29, 1.82) is 0 Å². The normalized spacial score (nSPS) is 11.7. The number of aliphatic carboxylic acids is 1. The van der Waals surface area contributed by atoms with E-state index in [-0.39, 0.29) is 17.7 Å². The SMILES string of the molecule is O=C(N[C@@H](Cc1ccc2ccccc2n1)C(=O)O)c1cccc([N+](=O)[O-])c1. The molecule has 8 nitrogen and oxygen atoms in total. The Labute approximate surface area is 153 Å². The molecule has 2 aromatic carbocycles. The van der Waals surface area contributed by atoms with Gasteiger partial charge in [0.15, 0.2) is 0 Å². The number of nitrogens with zero attached hydrogens (tertiary/aromatic N) is 2. The van der Waals surface area contributed by atoms with Crippen LogP contribution in [-0.4, -0.2) is 32.9 Å². The molecule has 0 saturated heterocycles. The molecule has 0 aliphatic rings. The monoisotopic (exact) mass is 365 g/mol. The molecule has 136 valence electrons. The molecule has 0 unspecified atom stereocenters. The van der Waals surface area contributed by atoms with Gasteiger partial charge in [-0.3, -0.25) is 19.9 Å². The van der Waals surface area contributed by atoms with Crippen LogP contribution < -0.4 is 5.32 Å². The highest BCUT2D eigenvalue weighted by molar-refractivity contribution is 5.97. The van der Waals surface area contributed by atoms with Crippen molar-refractivity contribution >= 4 is 28.5 Å². The van der Waals surface area contributed by atoms with Crippen LogP contribution in [0, 0.1) is 10.1 Å². The number of rotatable bonds is 6. The summed E-state index contributed by atoms with van der Waals surface area (Å²) >= 11 is 0. The van der Waals surface area contributed by atoms with E-state index in [4.69, 9.17) is 0 Å². The molecular formula is C19H15N3O5. The molecule has 2 N–H and O–H groups in total. The minimum Gasteiger partial charge on any atom is -0.480 e. The van der Waals surface area contributed by atoms with Crippen LogP contribution in [0.5, 0.6) is 0 Å². The zero-order chi connectivity index (χ0) is 19.4. The topological polar surface area (TPSA) is 122 Å². The number of carbonyl (C=O) groups is 2. The molecule has 1 heterocycles. The molecule has 1 atom stereocenters. The van der Waals surface area contributed by atoms with Crippen molar-refractivity contribution in [3.63, 3.8) is 0 Å². The first kappa shape index (κ1) is 18.0. The number of carboxylic acid groups (broad SMARTS) is 1. The molecule has 3 rings (SSSR count). The number of carboxylic acids is 1. The predicted octanol–water partition coefficient (Wildman–Crippen LogP) is 2.57. The quantitative estimate of drug-likeness (QED) is 0.511. The van der Waals surface area contributed by atoms with Gasteiger partial charge in [-0.15, -0.1) is 0 Å². The summed E-state index contributed by atoms with van der Waals surface area (Å²) in [7, 11) is 0. The van der Waals surface area contributed by atoms with Crippen molar-refractivity contribution in [1.82, 2.24) is 10.3 Å². The molecule has 27 heavy (non-hydrogen) atoms. The number of nitrogens with one attached hydrogen (secondary N) is 1. The molecule has 8 heteroatoms. The smallest absolute Gasteiger partial charge is 0.326 e. The molecule has 0 aliphatic heterocycles. The number of amides is 1. The van der Waals surface area contributed by atoms with Crippen LogP contribution in [0.2, 0.25) is 0 Å². The van der Waals surface area contributed by atoms with E-state index < -0.39 is 22.8 Å². The summed E-state index contributed by atoms with van der Waals surface area (Å²) in [5, 5.41) is 23.6. The Morgan fingerprint density at radius 3 is 2.63 bits per heavy atom. The van der Waals surface area contributed by atoms with Gasteiger partial charge >= 0.3 is 5.97 Å². The van der Waals surface area contributed by atoms with Crippen LogP contribution in [0.3, 0.4) is 0 Å². The van der Waals surface area contributed by atoms with E-state index in [0.717, 1.165) is 17.0 Å². The number of nitro benzene ring substituents is 1. The lowest BCUT2D eigenvalue weighted by molar-refractivity contribution is -0.384.